The molecule has 2 heterocycles. The number of aromatic nitrogens is 2. The highest BCUT2D eigenvalue weighted by Crippen LogP contribution is 2.38. The number of benzene rings is 2. The molecule has 3 nitrogen and oxygen atoms in total. The van der Waals surface area contributed by atoms with Crippen molar-refractivity contribution in [3.05, 3.63) is 82.8 Å². The molecule has 0 aliphatic carbocycles. The van der Waals surface area contributed by atoms with Crippen LogP contribution in [0.5, 0.6) is 0 Å². The average Bonchev–Trinajstić information content (AvgIpc) is 2.80. The molecule has 0 N–H and O–H groups in total. The fraction of sp³-hybridized carbons (Fsp3) is 0.238. The van der Waals surface area contributed by atoms with Crippen LogP contribution in [-0.2, 0) is 6.54 Å². The lowest BCUT2D eigenvalue weighted by molar-refractivity contribution is 0.327. The van der Waals surface area contributed by atoms with Crippen LogP contribution in [0.4, 0.5) is 13.2 Å². The maximum absolute atomic E-state index is 14.9. The van der Waals surface area contributed by atoms with Crippen molar-refractivity contribution in [2.24, 2.45) is 0 Å². The normalized spacial score (nSPS) is 17.4. The van der Waals surface area contributed by atoms with Gasteiger partial charge in [-0.3, -0.25) is 0 Å². The summed E-state index contributed by atoms with van der Waals surface area (Å²) >= 11 is 0. The van der Waals surface area contributed by atoms with E-state index in [2.05, 4.69) is 15.1 Å². The van der Waals surface area contributed by atoms with Crippen LogP contribution in [0.1, 0.15) is 29.0 Å². The Labute approximate surface area is 155 Å². The predicted molar refractivity (Wildman–Crippen MR) is 96.6 cm³/mol. The molecule has 0 bridgehead atoms. The summed E-state index contributed by atoms with van der Waals surface area (Å²) in [6, 6.07) is 10.3. The second-order valence-corrected chi connectivity index (χ2v) is 6.85. The maximum atomic E-state index is 14.9. The Morgan fingerprint density at radius 2 is 1.78 bits per heavy atom. The van der Waals surface area contributed by atoms with E-state index in [0.717, 1.165) is 5.56 Å². The van der Waals surface area contributed by atoms with Crippen molar-refractivity contribution in [1.29, 1.82) is 0 Å². The van der Waals surface area contributed by atoms with Gasteiger partial charge < -0.3 is 4.90 Å². The summed E-state index contributed by atoms with van der Waals surface area (Å²) in [5.74, 6) is -2.22. The largest absolute Gasteiger partial charge is 0.302 e. The van der Waals surface area contributed by atoms with Crippen molar-refractivity contribution in [3.8, 4) is 11.3 Å². The van der Waals surface area contributed by atoms with Gasteiger partial charge in [0.25, 0.3) is 0 Å². The molecule has 1 unspecified atom stereocenters. The minimum atomic E-state index is -0.603. The molecule has 0 spiro atoms. The van der Waals surface area contributed by atoms with E-state index < -0.39 is 23.4 Å². The molecule has 4 rings (SSSR count). The van der Waals surface area contributed by atoms with E-state index in [1.165, 1.54) is 30.5 Å². The van der Waals surface area contributed by atoms with E-state index in [-0.39, 0.29) is 5.56 Å². The standard InChI is InChI=1S/C21H18F3N3/c1-27-9-7-14(21-17(22)4-2-5-18(21)23)15-11-19(24)16(10-13(15)12-27)20-6-3-8-25-26-20/h2-6,8,10-11,14H,7,9,12H2,1H3. The van der Waals surface area contributed by atoms with E-state index in [4.69, 9.17) is 0 Å². The van der Waals surface area contributed by atoms with Crippen LogP contribution in [0, 0.1) is 17.5 Å². The quantitative estimate of drug-likeness (QED) is 0.665. The average molecular weight is 369 g/mol. The van der Waals surface area contributed by atoms with E-state index in [0.29, 0.717) is 36.3 Å². The van der Waals surface area contributed by atoms with Crippen LogP contribution in [0.3, 0.4) is 0 Å². The third kappa shape index (κ3) is 3.32. The zero-order valence-electron chi connectivity index (χ0n) is 14.8. The molecule has 1 aliphatic heterocycles. The number of fused-ring (bicyclic) bond motifs is 1. The summed E-state index contributed by atoms with van der Waals surface area (Å²) < 4.78 is 43.8. The Kier molecular flexibility index (Phi) is 4.66. The van der Waals surface area contributed by atoms with E-state index >= 15 is 0 Å². The summed E-state index contributed by atoms with van der Waals surface area (Å²) in [4.78, 5) is 2.07. The van der Waals surface area contributed by atoms with Gasteiger partial charge in [0.05, 0.1) is 5.69 Å². The Morgan fingerprint density at radius 3 is 2.48 bits per heavy atom. The monoisotopic (exact) mass is 369 g/mol. The van der Waals surface area contributed by atoms with Gasteiger partial charge >= 0.3 is 0 Å². The van der Waals surface area contributed by atoms with Gasteiger partial charge in [0.2, 0.25) is 0 Å². The predicted octanol–water partition coefficient (Wildman–Crippen LogP) is 4.53. The van der Waals surface area contributed by atoms with Gasteiger partial charge in [-0.15, -0.1) is 0 Å². The van der Waals surface area contributed by atoms with Crippen molar-refractivity contribution in [2.75, 3.05) is 13.6 Å². The molecule has 0 fully saturated rings. The SMILES string of the molecule is CN1CCC(c2c(F)cccc2F)c2cc(F)c(-c3cccnn3)cc2C1. The number of hydrogen-bond donors (Lipinski definition) is 0. The molecule has 1 aromatic heterocycles. The molecule has 3 aromatic rings. The van der Waals surface area contributed by atoms with Crippen molar-refractivity contribution in [1.82, 2.24) is 15.1 Å². The number of hydrogen-bond acceptors (Lipinski definition) is 3. The van der Waals surface area contributed by atoms with Crippen molar-refractivity contribution in [3.63, 3.8) is 0 Å². The van der Waals surface area contributed by atoms with Crippen molar-refractivity contribution >= 4 is 0 Å². The van der Waals surface area contributed by atoms with Gasteiger partial charge in [-0.2, -0.15) is 10.2 Å². The van der Waals surface area contributed by atoms with Crippen LogP contribution in [0.2, 0.25) is 0 Å². The zero-order valence-corrected chi connectivity index (χ0v) is 14.8. The zero-order chi connectivity index (χ0) is 19.0. The first-order chi connectivity index (χ1) is 13.0. The fourth-order valence-electron chi connectivity index (χ4n) is 3.75. The molecule has 6 heteroatoms. The van der Waals surface area contributed by atoms with Gasteiger partial charge in [0.15, 0.2) is 0 Å². The highest BCUT2D eigenvalue weighted by atomic mass is 19.1. The first-order valence-corrected chi connectivity index (χ1v) is 8.77. The molecule has 0 amide bonds. The minimum absolute atomic E-state index is 0.000651. The van der Waals surface area contributed by atoms with Gasteiger partial charge in [-0.1, -0.05) is 6.07 Å². The Bertz CT molecular complexity index is 956. The number of nitrogens with zero attached hydrogens (tertiary/aromatic N) is 3. The first kappa shape index (κ1) is 17.7. The summed E-state index contributed by atoms with van der Waals surface area (Å²) in [6.45, 7) is 1.21. The topological polar surface area (TPSA) is 29.0 Å². The van der Waals surface area contributed by atoms with Crippen LogP contribution in [-0.4, -0.2) is 28.7 Å². The number of rotatable bonds is 2. The number of halogens is 3. The molecule has 2 aromatic carbocycles. The van der Waals surface area contributed by atoms with E-state index in [9.17, 15) is 13.2 Å². The Morgan fingerprint density at radius 1 is 1.00 bits per heavy atom. The molecule has 1 atom stereocenters. The van der Waals surface area contributed by atoms with Gasteiger partial charge in [0.1, 0.15) is 17.5 Å². The summed E-state index contributed by atoms with van der Waals surface area (Å²) in [5.41, 5.74) is 2.22. The molecule has 0 saturated heterocycles. The van der Waals surface area contributed by atoms with Crippen molar-refractivity contribution in [2.45, 2.75) is 18.9 Å². The van der Waals surface area contributed by atoms with Gasteiger partial charge in [-0.05, 0) is 67.5 Å². The summed E-state index contributed by atoms with van der Waals surface area (Å²) in [7, 11) is 1.94. The van der Waals surface area contributed by atoms with E-state index in [1.807, 2.05) is 7.05 Å². The fourth-order valence-corrected chi connectivity index (χ4v) is 3.75. The Hall–Kier alpha value is -2.73. The third-order valence-corrected chi connectivity index (χ3v) is 5.04. The minimum Gasteiger partial charge on any atom is -0.302 e. The lowest BCUT2D eigenvalue weighted by atomic mass is 9.85. The lowest BCUT2D eigenvalue weighted by Gasteiger charge is -2.20. The maximum Gasteiger partial charge on any atom is 0.132 e. The molecule has 0 radical (unpaired) electrons. The second kappa shape index (κ2) is 7.12. The lowest BCUT2D eigenvalue weighted by Crippen LogP contribution is -2.17. The van der Waals surface area contributed by atoms with Crippen molar-refractivity contribution < 1.29 is 13.2 Å². The summed E-state index contributed by atoms with van der Waals surface area (Å²) in [6.07, 6.45) is 2.03. The molecule has 1 aliphatic rings. The molecule has 138 valence electrons. The third-order valence-electron chi connectivity index (χ3n) is 5.04. The first-order valence-electron chi connectivity index (χ1n) is 8.77. The smallest absolute Gasteiger partial charge is 0.132 e. The van der Waals surface area contributed by atoms with E-state index in [1.54, 1.807) is 18.2 Å². The Balaban J connectivity index is 1.89. The summed E-state index contributed by atoms with van der Waals surface area (Å²) in [5, 5.41) is 7.79. The molecule has 0 saturated carbocycles. The molecule has 27 heavy (non-hydrogen) atoms. The van der Waals surface area contributed by atoms with Crippen LogP contribution in [0.25, 0.3) is 11.3 Å². The molecular weight excluding hydrogens is 351 g/mol. The second-order valence-electron chi connectivity index (χ2n) is 6.85. The highest BCUT2D eigenvalue weighted by Gasteiger charge is 2.28. The van der Waals surface area contributed by atoms with Crippen LogP contribution < -0.4 is 0 Å². The van der Waals surface area contributed by atoms with Crippen LogP contribution >= 0.6 is 0 Å². The van der Waals surface area contributed by atoms with Gasteiger partial charge in [0, 0.05) is 29.8 Å². The van der Waals surface area contributed by atoms with Crippen LogP contribution in [0.15, 0.2) is 48.7 Å². The van der Waals surface area contributed by atoms with Gasteiger partial charge in [-0.25, -0.2) is 13.2 Å². The highest BCUT2D eigenvalue weighted by molar-refractivity contribution is 5.62. The molecular formula is C21H18F3N3.